The van der Waals surface area contributed by atoms with Crippen LogP contribution < -0.4 is 14.9 Å². The van der Waals surface area contributed by atoms with Crippen molar-refractivity contribution < 1.29 is 37.8 Å². The number of nitrogens with zero attached hydrogens (tertiary/aromatic N) is 1. The van der Waals surface area contributed by atoms with Gasteiger partial charge >= 0.3 is 19.7 Å². The van der Waals surface area contributed by atoms with E-state index < -0.39 is 44.3 Å². The summed E-state index contributed by atoms with van der Waals surface area (Å²) in [5.41, 5.74) is 1.58. The largest absolute Gasteiger partial charge is 0.468 e. The van der Waals surface area contributed by atoms with Crippen LogP contribution in [0.5, 0.6) is 5.75 Å². The lowest BCUT2D eigenvalue weighted by molar-refractivity contribution is -0.142. The lowest BCUT2D eigenvalue weighted by atomic mass is 10.2. The van der Waals surface area contributed by atoms with Crippen LogP contribution in [-0.4, -0.2) is 60.3 Å². The average Bonchev–Trinajstić information content (AvgIpc) is 3.25. The number of rotatable bonds is 9. The van der Waals surface area contributed by atoms with E-state index in [9.17, 15) is 19.3 Å². The normalized spacial score (nSPS) is 25.6. The summed E-state index contributed by atoms with van der Waals surface area (Å²) >= 11 is 0. The van der Waals surface area contributed by atoms with Crippen molar-refractivity contribution in [2.24, 2.45) is 0 Å². The summed E-state index contributed by atoms with van der Waals surface area (Å²) in [5, 5.41) is 14.8. The minimum Gasteiger partial charge on any atom is -0.468 e. The summed E-state index contributed by atoms with van der Waals surface area (Å²) in [6.45, 7) is 4.99. The molecule has 5 atom stereocenters. The molecule has 12 heteroatoms. The molecule has 3 N–H and O–H groups in total. The number of carbonyl (C=O) groups excluding carboxylic acids is 2. The van der Waals surface area contributed by atoms with Gasteiger partial charge in [0.05, 0.1) is 19.8 Å². The van der Waals surface area contributed by atoms with Crippen molar-refractivity contribution in [3.8, 4) is 5.75 Å². The number of aliphatic hydroxyl groups excluding tert-OH is 1. The number of nitrogens with one attached hydrogen (secondary N) is 2. The number of esters is 1. The predicted molar refractivity (Wildman–Crippen MR) is 118 cm³/mol. The third kappa shape index (κ3) is 6.55. The molecule has 0 aromatic heterocycles. The van der Waals surface area contributed by atoms with E-state index in [1.54, 1.807) is 37.4 Å². The van der Waals surface area contributed by atoms with Gasteiger partial charge in [0.25, 0.3) is 0 Å². The first-order valence-electron chi connectivity index (χ1n) is 10.6. The molecule has 0 saturated carbocycles. The molecular formula is C21H30N3O8P. The molecule has 1 aromatic rings. The zero-order chi connectivity index (χ0) is 24.2. The Bertz CT molecular complexity index is 938. The fourth-order valence-electron chi connectivity index (χ4n) is 3.36. The standard InChI is InChI=1S/C21H30N3O8P/c1-13-5-7-16(8-6-13)32-33(28,23-15(3)20(26)29-4)30-12-17-9-10-18(31-17)24-11-14(2)19(25)22-21(24)27/h5-8,11,15,17-19,25H,9-10,12H2,1-4H3,(H,22,27)(H,23,28)/t15?,17?,18?,19-,33?/m0/s1. The highest BCUT2D eigenvalue weighted by atomic mass is 31.2. The summed E-state index contributed by atoms with van der Waals surface area (Å²) in [6.07, 6.45) is 0.565. The molecule has 2 amide bonds. The van der Waals surface area contributed by atoms with Crippen LogP contribution in [-0.2, 0) is 23.4 Å². The molecule has 0 radical (unpaired) electrons. The van der Waals surface area contributed by atoms with Gasteiger partial charge in [-0.05, 0) is 51.3 Å². The van der Waals surface area contributed by atoms with E-state index in [0.717, 1.165) is 5.56 Å². The van der Waals surface area contributed by atoms with Gasteiger partial charge < -0.3 is 24.4 Å². The summed E-state index contributed by atoms with van der Waals surface area (Å²) in [5.74, 6) is -0.313. The second kappa shape index (κ2) is 10.7. The van der Waals surface area contributed by atoms with Gasteiger partial charge in [-0.25, -0.2) is 9.36 Å². The van der Waals surface area contributed by atoms with Crippen molar-refractivity contribution >= 4 is 19.7 Å². The minimum atomic E-state index is -3.98. The Morgan fingerprint density at radius 2 is 2.03 bits per heavy atom. The number of hydrogen-bond acceptors (Lipinski definition) is 8. The molecule has 0 aliphatic carbocycles. The lowest BCUT2D eigenvalue weighted by Crippen LogP contribution is -2.51. The molecule has 2 aliphatic heterocycles. The first kappa shape index (κ1) is 25.2. The molecule has 1 aromatic carbocycles. The van der Waals surface area contributed by atoms with Crippen LogP contribution in [0.1, 0.15) is 32.3 Å². The van der Waals surface area contributed by atoms with Crippen LogP contribution in [0.25, 0.3) is 0 Å². The van der Waals surface area contributed by atoms with Gasteiger partial charge in [0, 0.05) is 6.20 Å². The number of urea groups is 1. The molecular weight excluding hydrogens is 453 g/mol. The van der Waals surface area contributed by atoms with Crippen molar-refractivity contribution in [3.05, 3.63) is 41.6 Å². The number of benzene rings is 1. The van der Waals surface area contributed by atoms with Gasteiger partial charge in [-0.3, -0.25) is 14.2 Å². The second-order valence-electron chi connectivity index (χ2n) is 7.99. The Hall–Kier alpha value is -2.43. The Kier molecular flexibility index (Phi) is 8.14. The summed E-state index contributed by atoms with van der Waals surface area (Å²) in [6, 6.07) is 5.47. The first-order valence-corrected chi connectivity index (χ1v) is 12.1. The van der Waals surface area contributed by atoms with Crippen molar-refractivity contribution in [2.75, 3.05) is 13.7 Å². The monoisotopic (exact) mass is 483 g/mol. The highest BCUT2D eigenvalue weighted by Crippen LogP contribution is 2.45. The molecule has 2 heterocycles. The third-order valence-electron chi connectivity index (χ3n) is 5.25. The van der Waals surface area contributed by atoms with Crippen molar-refractivity contribution in [3.63, 3.8) is 0 Å². The molecule has 3 rings (SSSR count). The molecule has 182 valence electrons. The highest BCUT2D eigenvalue weighted by Gasteiger charge is 2.38. The first-order chi connectivity index (χ1) is 15.6. The van der Waals surface area contributed by atoms with Crippen molar-refractivity contribution in [2.45, 2.75) is 58.2 Å². The van der Waals surface area contributed by atoms with Gasteiger partial charge in [0.1, 0.15) is 18.0 Å². The van der Waals surface area contributed by atoms with E-state index in [-0.39, 0.29) is 6.61 Å². The summed E-state index contributed by atoms with van der Waals surface area (Å²) in [4.78, 5) is 25.4. The SMILES string of the molecule is COC(=O)C(C)NP(=O)(OCC1CCC(N2C=C(C)[C@H](O)NC2=O)O1)Oc1ccc(C)cc1. The molecule has 11 nitrogen and oxygen atoms in total. The van der Waals surface area contributed by atoms with Crippen LogP contribution in [0.15, 0.2) is 36.0 Å². The van der Waals surface area contributed by atoms with E-state index in [2.05, 4.69) is 15.1 Å². The molecule has 1 fully saturated rings. The molecule has 1 saturated heterocycles. The van der Waals surface area contributed by atoms with E-state index in [4.69, 9.17) is 13.8 Å². The van der Waals surface area contributed by atoms with E-state index in [0.29, 0.717) is 24.2 Å². The minimum absolute atomic E-state index is 0.0959. The average molecular weight is 483 g/mol. The van der Waals surface area contributed by atoms with E-state index >= 15 is 0 Å². The second-order valence-corrected chi connectivity index (χ2v) is 9.69. The Balaban J connectivity index is 1.65. The summed E-state index contributed by atoms with van der Waals surface area (Å²) < 4.78 is 35.3. The highest BCUT2D eigenvalue weighted by molar-refractivity contribution is 7.52. The predicted octanol–water partition coefficient (Wildman–Crippen LogP) is 2.40. The van der Waals surface area contributed by atoms with Crippen LogP contribution in [0.2, 0.25) is 0 Å². The zero-order valence-corrected chi connectivity index (χ0v) is 19.9. The third-order valence-corrected chi connectivity index (χ3v) is 6.89. The van der Waals surface area contributed by atoms with E-state index in [1.807, 2.05) is 6.92 Å². The lowest BCUT2D eigenvalue weighted by Gasteiger charge is -2.32. The van der Waals surface area contributed by atoms with Gasteiger partial charge in [0.2, 0.25) is 0 Å². The van der Waals surface area contributed by atoms with Gasteiger partial charge in [-0.1, -0.05) is 17.7 Å². The number of aryl methyl sites for hydroxylation is 1. The number of ether oxygens (including phenoxy) is 2. The number of amides is 2. The van der Waals surface area contributed by atoms with Crippen LogP contribution in [0.4, 0.5) is 4.79 Å². The topological polar surface area (TPSA) is 136 Å². The maximum absolute atomic E-state index is 13.4. The van der Waals surface area contributed by atoms with E-state index in [1.165, 1.54) is 18.9 Å². The van der Waals surface area contributed by atoms with Gasteiger partial charge in [-0.2, -0.15) is 5.09 Å². The van der Waals surface area contributed by atoms with Gasteiger partial charge in [0.15, 0.2) is 6.23 Å². The van der Waals surface area contributed by atoms with Crippen LogP contribution in [0, 0.1) is 6.92 Å². The number of aliphatic hydroxyl groups is 1. The van der Waals surface area contributed by atoms with Gasteiger partial charge in [-0.15, -0.1) is 0 Å². The fourth-order valence-corrected chi connectivity index (χ4v) is 4.88. The summed E-state index contributed by atoms with van der Waals surface area (Å²) in [7, 11) is -2.76. The van der Waals surface area contributed by atoms with Crippen LogP contribution >= 0.6 is 7.75 Å². The molecule has 2 aliphatic rings. The molecule has 33 heavy (non-hydrogen) atoms. The maximum atomic E-state index is 13.4. The Morgan fingerprint density at radius 1 is 1.33 bits per heavy atom. The molecule has 0 spiro atoms. The van der Waals surface area contributed by atoms with Crippen molar-refractivity contribution in [1.29, 1.82) is 0 Å². The number of carbonyl (C=O) groups is 2. The Morgan fingerprint density at radius 3 is 2.70 bits per heavy atom. The van der Waals surface area contributed by atoms with Crippen molar-refractivity contribution in [1.82, 2.24) is 15.3 Å². The van der Waals surface area contributed by atoms with Crippen LogP contribution in [0.3, 0.4) is 0 Å². The molecule has 4 unspecified atom stereocenters. The molecule has 0 bridgehead atoms. The Labute approximate surface area is 192 Å². The smallest absolute Gasteiger partial charge is 0.459 e. The number of hydrogen-bond donors (Lipinski definition) is 3. The number of methoxy groups -OCH3 is 1. The fraction of sp³-hybridized carbons (Fsp3) is 0.524. The quantitative estimate of drug-likeness (QED) is 0.357. The zero-order valence-electron chi connectivity index (χ0n) is 19.0. The maximum Gasteiger partial charge on any atom is 0.459 e.